The molecule has 3 amide bonds. The number of fused-ring (bicyclic) bond motifs is 2. The van der Waals surface area contributed by atoms with E-state index >= 15 is 0 Å². The maximum atomic E-state index is 13.7. The monoisotopic (exact) mass is 581 g/mol. The number of hydrogen-bond donors (Lipinski definition) is 1. The Labute approximate surface area is 234 Å². The number of carbonyl (C=O) groups excluding carboxylic acids is 3. The summed E-state index contributed by atoms with van der Waals surface area (Å²) in [6, 6.07) is 15.8. The molecule has 3 atom stereocenters. The van der Waals surface area contributed by atoms with Gasteiger partial charge < -0.3 is 10.1 Å². The predicted octanol–water partition coefficient (Wildman–Crippen LogP) is 4.55. The summed E-state index contributed by atoms with van der Waals surface area (Å²) >= 11 is 3.57. The van der Waals surface area contributed by atoms with E-state index in [9.17, 15) is 23.6 Å². The average molecular weight is 582 g/mol. The maximum Gasteiger partial charge on any atom is 0.308 e. The van der Waals surface area contributed by atoms with Crippen molar-refractivity contribution in [2.24, 2.45) is 5.92 Å². The summed E-state index contributed by atoms with van der Waals surface area (Å²) in [5.41, 5.74) is 0.847. The van der Waals surface area contributed by atoms with E-state index in [0.29, 0.717) is 27.0 Å². The molecular formula is C27H20FN3O5S3. The van der Waals surface area contributed by atoms with Crippen LogP contribution in [0, 0.1) is 11.7 Å². The standard InChI is InChI=1S/C27H20FN3O5S3/c1-36-17-10-6-15(7-11-17)29-19(32)13-30-26-23(39-27(30)35)20(18-3-2-12-37-18)21-22(38-26)25(34)31(24(21)33)16-8-4-14(28)5-9-16/h2-12,20-22H,13H2,1H3,(H,29,32). The Kier molecular flexibility index (Phi) is 6.61. The number of halogens is 1. The number of imide groups is 1. The van der Waals surface area contributed by atoms with Crippen LogP contribution in [-0.2, 0) is 20.9 Å². The summed E-state index contributed by atoms with van der Waals surface area (Å²) in [5.74, 6) is -2.30. The van der Waals surface area contributed by atoms with Crippen molar-refractivity contribution in [3.8, 4) is 5.75 Å². The fourth-order valence-corrected chi connectivity index (χ4v) is 8.61. The number of carbonyl (C=O) groups is 3. The minimum Gasteiger partial charge on any atom is -0.497 e. The smallest absolute Gasteiger partial charge is 0.308 e. The van der Waals surface area contributed by atoms with Gasteiger partial charge >= 0.3 is 4.87 Å². The Hall–Kier alpha value is -3.74. The SMILES string of the molecule is COc1ccc(NC(=O)Cn2c3c(sc2=O)C(c2cccs2)C2C(=O)N(c4ccc(F)cc4)C(=O)C2S3)cc1. The summed E-state index contributed by atoms with van der Waals surface area (Å²) in [5, 5.41) is 4.38. The number of thioether (sulfide) groups is 1. The highest BCUT2D eigenvalue weighted by Crippen LogP contribution is 2.54. The molecule has 39 heavy (non-hydrogen) atoms. The molecule has 0 bridgehead atoms. The number of benzene rings is 2. The zero-order chi connectivity index (χ0) is 27.3. The average Bonchev–Trinajstić information content (AvgIpc) is 3.63. The van der Waals surface area contributed by atoms with Gasteiger partial charge in [-0.2, -0.15) is 0 Å². The maximum absolute atomic E-state index is 13.7. The largest absolute Gasteiger partial charge is 0.497 e. The van der Waals surface area contributed by atoms with Gasteiger partial charge in [-0.1, -0.05) is 29.2 Å². The van der Waals surface area contributed by atoms with Crippen molar-refractivity contribution in [1.29, 1.82) is 0 Å². The number of thiazole rings is 1. The molecule has 0 aliphatic carbocycles. The van der Waals surface area contributed by atoms with Crippen molar-refractivity contribution in [3.63, 3.8) is 0 Å². The molecule has 1 fully saturated rings. The normalized spacial score (nSPS) is 20.1. The van der Waals surface area contributed by atoms with Gasteiger partial charge in [0.15, 0.2) is 0 Å². The molecule has 2 aliphatic heterocycles. The number of nitrogens with one attached hydrogen (secondary N) is 1. The number of ether oxygens (including phenoxy) is 1. The second kappa shape index (κ2) is 10.1. The summed E-state index contributed by atoms with van der Waals surface area (Å²) in [6.07, 6.45) is 0. The van der Waals surface area contributed by atoms with Gasteiger partial charge in [0.25, 0.3) is 0 Å². The predicted molar refractivity (Wildman–Crippen MR) is 148 cm³/mol. The summed E-state index contributed by atoms with van der Waals surface area (Å²) < 4.78 is 20.1. The molecule has 2 aromatic carbocycles. The van der Waals surface area contributed by atoms with E-state index in [4.69, 9.17) is 4.74 Å². The molecule has 4 aromatic rings. The van der Waals surface area contributed by atoms with Crippen LogP contribution in [0.4, 0.5) is 15.8 Å². The zero-order valence-corrected chi connectivity index (χ0v) is 22.8. The van der Waals surface area contributed by atoms with E-state index in [1.165, 1.54) is 40.2 Å². The lowest BCUT2D eigenvalue weighted by Crippen LogP contribution is -2.32. The van der Waals surface area contributed by atoms with Crippen LogP contribution in [-0.4, -0.2) is 34.6 Å². The molecule has 1 N–H and O–H groups in total. The van der Waals surface area contributed by atoms with Gasteiger partial charge in [0, 0.05) is 21.4 Å². The molecule has 2 aliphatic rings. The Bertz CT molecular complexity index is 1630. The van der Waals surface area contributed by atoms with E-state index in [1.807, 2.05) is 17.5 Å². The number of nitrogens with zero attached hydrogens (tertiary/aromatic N) is 2. The molecule has 0 spiro atoms. The Morgan fingerprint density at radius 3 is 2.44 bits per heavy atom. The highest BCUT2D eigenvalue weighted by Gasteiger charge is 2.57. The fourth-order valence-electron chi connectivity index (χ4n) is 4.89. The number of rotatable bonds is 6. The highest BCUT2D eigenvalue weighted by atomic mass is 32.2. The number of aromatic nitrogens is 1. The van der Waals surface area contributed by atoms with E-state index in [1.54, 1.807) is 31.4 Å². The third-order valence-corrected chi connectivity index (χ3v) is 10.2. The van der Waals surface area contributed by atoms with Crippen LogP contribution in [0.3, 0.4) is 0 Å². The van der Waals surface area contributed by atoms with Crippen molar-refractivity contribution in [2.45, 2.75) is 22.7 Å². The van der Waals surface area contributed by atoms with Crippen LogP contribution in [0.25, 0.3) is 0 Å². The molecule has 198 valence electrons. The van der Waals surface area contributed by atoms with Crippen molar-refractivity contribution in [2.75, 3.05) is 17.3 Å². The Morgan fingerprint density at radius 2 is 1.77 bits per heavy atom. The van der Waals surface area contributed by atoms with Crippen molar-refractivity contribution < 1.29 is 23.5 Å². The zero-order valence-electron chi connectivity index (χ0n) is 20.3. The fraction of sp³-hybridized carbons (Fsp3) is 0.185. The summed E-state index contributed by atoms with van der Waals surface area (Å²) in [6.45, 7) is -0.248. The quantitative estimate of drug-likeness (QED) is 0.336. The lowest BCUT2D eigenvalue weighted by Gasteiger charge is -2.29. The van der Waals surface area contributed by atoms with Crippen LogP contribution in [0.5, 0.6) is 5.75 Å². The van der Waals surface area contributed by atoms with E-state index in [0.717, 1.165) is 32.9 Å². The van der Waals surface area contributed by atoms with Crippen molar-refractivity contribution in [3.05, 3.63) is 91.3 Å². The van der Waals surface area contributed by atoms with E-state index in [-0.39, 0.29) is 11.4 Å². The van der Waals surface area contributed by atoms with Crippen LogP contribution in [0.2, 0.25) is 0 Å². The Balaban J connectivity index is 1.35. The highest BCUT2D eigenvalue weighted by molar-refractivity contribution is 8.00. The van der Waals surface area contributed by atoms with Gasteiger partial charge in [0.2, 0.25) is 17.7 Å². The van der Waals surface area contributed by atoms with E-state index < -0.39 is 40.6 Å². The van der Waals surface area contributed by atoms with Crippen LogP contribution >= 0.6 is 34.4 Å². The number of hydrogen-bond acceptors (Lipinski definition) is 8. The number of methoxy groups -OCH3 is 1. The van der Waals surface area contributed by atoms with Crippen LogP contribution in [0.15, 0.2) is 75.9 Å². The number of amides is 3. The molecule has 1 saturated heterocycles. The molecule has 0 radical (unpaired) electrons. The second-order valence-electron chi connectivity index (χ2n) is 8.95. The van der Waals surface area contributed by atoms with Crippen molar-refractivity contribution in [1.82, 2.24) is 4.57 Å². The first-order valence-electron chi connectivity index (χ1n) is 11.9. The summed E-state index contributed by atoms with van der Waals surface area (Å²) in [7, 11) is 1.55. The minimum atomic E-state index is -0.799. The molecule has 4 heterocycles. The first-order chi connectivity index (χ1) is 18.9. The lowest BCUT2D eigenvalue weighted by atomic mass is 9.87. The summed E-state index contributed by atoms with van der Waals surface area (Å²) in [4.78, 5) is 55.7. The van der Waals surface area contributed by atoms with Gasteiger partial charge in [-0.3, -0.25) is 23.7 Å². The molecule has 6 rings (SSSR count). The molecule has 12 heteroatoms. The van der Waals surface area contributed by atoms with Gasteiger partial charge in [-0.25, -0.2) is 9.29 Å². The lowest BCUT2D eigenvalue weighted by molar-refractivity contribution is -0.122. The molecule has 0 saturated carbocycles. The molecule has 8 nitrogen and oxygen atoms in total. The van der Waals surface area contributed by atoms with Gasteiger partial charge in [-0.15, -0.1) is 11.3 Å². The van der Waals surface area contributed by atoms with Crippen LogP contribution < -0.4 is 19.8 Å². The van der Waals surface area contributed by atoms with Crippen molar-refractivity contribution >= 4 is 63.5 Å². The van der Waals surface area contributed by atoms with Gasteiger partial charge in [0.05, 0.1) is 23.7 Å². The second-order valence-corrected chi connectivity index (χ2v) is 12.0. The third kappa shape index (κ3) is 4.48. The first-order valence-corrected chi connectivity index (χ1v) is 14.4. The van der Waals surface area contributed by atoms with Gasteiger partial charge in [0.1, 0.15) is 23.4 Å². The Morgan fingerprint density at radius 1 is 1.03 bits per heavy atom. The topological polar surface area (TPSA) is 97.7 Å². The molecule has 3 unspecified atom stereocenters. The molecular weight excluding hydrogens is 562 g/mol. The first kappa shape index (κ1) is 25.5. The van der Waals surface area contributed by atoms with Crippen LogP contribution in [0.1, 0.15) is 15.7 Å². The molecule has 2 aromatic heterocycles. The van der Waals surface area contributed by atoms with E-state index in [2.05, 4.69) is 5.32 Å². The van der Waals surface area contributed by atoms with Gasteiger partial charge in [-0.05, 0) is 60.0 Å². The minimum absolute atomic E-state index is 0.248. The number of anilines is 2. The third-order valence-electron chi connectivity index (χ3n) is 6.66. The number of thiophene rings is 1.